The molecule has 1 aromatic carbocycles. The first-order valence-corrected chi connectivity index (χ1v) is 14.9. The number of fused-ring (bicyclic) bond motifs is 2. The second kappa shape index (κ2) is 9.93. The van der Waals surface area contributed by atoms with Crippen molar-refractivity contribution in [3.63, 3.8) is 0 Å². The Morgan fingerprint density at radius 3 is 2.54 bits per heavy atom. The first-order valence-electron chi connectivity index (χ1n) is 14.0. The number of halogens is 3. The number of thioether (sulfide) groups is 1. The van der Waals surface area contributed by atoms with Gasteiger partial charge in [0.25, 0.3) is 0 Å². The third kappa shape index (κ3) is 5.57. The summed E-state index contributed by atoms with van der Waals surface area (Å²) in [5.74, 6) is -0.127. The lowest BCUT2D eigenvalue weighted by atomic mass is 9.95. The third-order valence-electron chi connectivity index (χ3n) is 8.34. The van der Waals surface area contributed by atoms with E-state index < -0.39 is 32.9 Å². The van der Waals surface area contributed by atoms with E-state index in [4.69, 9.17) is 14.2 Å². The monoisotopic (exact) mass is 589 g/mol. The summed E-state index contributed by atoms with van der Waals surface area (Å²) in [6, 6.07) is 8.44. The zero-order valence-corrected chi connectivity index (χ0v) is 24.1. The van der Waals surface area contributed by atoms with E-state index in [0.717, 1.165) is 11.8 Å². The maximum atomic E-state index is 14.0. The summed E-state index contributed by atoms with van der Waals surface area (Å²) in [6.07, 6.45) is 2.57. The number of benzene rings is 1. The summed E-state index contributed by atoms with van der Waals surface area (Å²) < 4.78 is 58.8. The van der Waals surface area contributed by atoms with Gasteiger partial charge in [0, 0.05) is 12.5 Å². The average Bonchev–Trinajstić information content (AvgIpc) is 3.81. The van der Waals surface area contributed by atoms with Crippen LogP contribution in [-0.2, 0) is 23.8 Å². The van der Waals surface area contributed by atoms with E-state index in [1.807, 2.05) is 6.08 Å². The minimum Gasteiger partial charge on any atom is -0.492 e. The highest BCUT2D eigenvalue weighted by Gasteiger charge is 2.66. The molecule has 4 unspecified atom stereocenters. The van der Waals surface area contributed by atoms with E-state index >= 15 is 0 Å². The molecule has 5 aliphatic rings. The van der Waals surface area contributed by atoms with Crippen molar-refractivity contribution in [1.29, 1.82) is 0 Å². The van der Waals surface area contributed by atoms with Crippen molar-refractivity contribution in [2.24, 2.45) is 11.3 Å². The van der Waals surface area contributed by atoms with Crippen LogP contribution in [0.5, 0.6) is 0 Å². The standard InChI is InChI=1S/C31H34F3NO5S/c1-28(2,3)40-24(36)17-29(11-12-29)27(37)35-13-14-38-23-15-20(9-10-22(23)35)39-18-30-16-21(30)25(19-7-5-4-6-8-19)26(41-30)31(32,33)34/h4-10,15,21-23H,11-14,16-18H2,1-3H3. The Bertz CT molecular complexity index is 1330. The van der Waals surface area contributed by atoms with Gasteiger partial charge in [-0.3, -0.25) is 9.59 Å². The molecule has 0 N–H and O–H groups in total. The van der Waals surface area contributed by atoms with E-state index in [1.54, 1.807) is 68.2 Å². The Balaban J connectivity index is 1.10. The van der Waals surface area contributed by atoms with Crippen molar-refractivity contribution in [2.75, 3.05) is 19.8 Å². The van der Waals surface area contributed by atoms with Crippen molar-refractivity contribution in [3.05, 3.63) is 64.8 Å². The van der Waals surface area contributed by atoms with Gasteiger partial charge in [0.1, 0.15) is 24.1 Å². The third-order valence-corrected chi connectivity index (χ3v) is 9.98. The van der Waals surface area contributed by atoms with Gasteiger partial charge >= 0.3 is 12.1 Å². The van der Waals surface area contributed by atoms with Crippen molar-refractivity contribution in [1.82, 2.24) is 4.90 Å². The second-order valence-corrected chi connectivity index (χ2v) is 14.0. The van der Waals surface area contributed by atoms with E-state index in [2.05, 4.69) is 0 Å². The van der Waals surface area contributed by atoms with Crippen molar-refractivity contribution < 1.29 is 37.0 Å². The molecule has 1 aromatic rings. The summed E-state index contributed by atoms with van der Waals surface area (Å²) in [7, 11) is 0. The Labute approximate surface area is 242 Å². The lowest BCUT2D eigenvalue weighted by Gasteiger charge is -2.41. The number of hydrogen-bond acceptors (Lipinski definition) is 6. The van der Waals surface area contributed by atoms with Crippen LogP contribution >= 0.6 is 11.8 Å². The largest absolute Gasteiger partial charge is 0.492 e. The number of esters is 1. The second-order valence-electron chi connectivity index (χ2n) is 12.6. The highest BCUT2D eigenvalue weighted by atomic mass is 32.2. The molecule has 0 aromatic heterocycles. The molecule has 220 valence electrons. The lowest BCUT2D eigenvalue weighted by molar-refractivity contribution is -0.161. The summed E-state index contributed by atoms with van der Waals surface area (Å²) >= 11 is 0.887. The molecule has 2 heterocycles. The molecular weight excluding hydrogens is 555 g/mol. The number of ether oxygens (including phenoxy) is 3. The quantitative estimate of drug-likeness (QED) is 0.361. The van der Waals surface area contributed by atoms with Gasteiger partial charge in [0.05, 0.1) is 34.1 Å². The Morgan fingerprint density at radius 2 is 1.88 bits per heavy atom. The maximum absolute atomic E-state index is 14.0. The number of amides is 1. The van der Waals surface area contributed by atoms with Crippen LogP contribution in [0, 0.1) is 11.3 Å². The molecule has 2 saturated carbocycles. The molecular formula is C31H34F3NO5S. The molecule has 6 nitrogen and oxygen atoms in total. The smallest absolute Gasteiger partial charge is 0.422 e. The first-order chi connectivity index (χ1) is 19.3. The van der Waals surface area contributed by atoms with Crippen LogP contribution in [0.3, 0.4) is 0 Å². The molecule has 6 rings (SSSR count). The molecule has 2 aliphatic heterocycles. The molecule has 0 spiro atoms. The van der Waals surface area contributed by atoms with Gasteiger partial charge in [0.2, 0.25) is 5.91 Å². The van der Waals surface area contributed by atoms with Crippen LogP contribution in [0.15, 0.2) is 59.2 Å². The topological polar surface area (TPSA) is 65.1 Å². The normalized spacial score (nSPS) is 29.9. The SMILES string of the molecule is CC(C)(C)OC(=O)CC1(C(=O)N2CCOC3C=C(OCC45CC4C(c4ccccc4)=C(C(F)(F)F)S5)C=CC32)CC1. The van der Waals surface area contributed by atoms with Crippen LogP contribution < -0.4 is 0 Å². The van der Waals surface area contributed by atoms with E-state index in [9.17, 15) is 22.8 Å². The summed E-state index contributed by atoms with van der Waals surface area (Å²) in [5.41, 5.74) is -0.363. The molecule has 4 atom stereocenters. The molecule has 3 aliphatic carbocycles. The van der Waals surface area contributed by atoms with Crippen LogP contribution in [0.1, 0.15) is 52.0 Å². The molecule has 41 heavy (non-hydrogen) atoms. The summed E-state index contributed by atoms with van der Waals surface area (Å²) in [5, 5.41) is 0. The Kier molecular flexibility index (Phi) is 6.88. The van der Waals surface area contributed by atoms with Crippen molar-refractivity contribution in [2.45, 2.75) is 75.1 Å². The highest BCUT2D eigenvalue weighted by Crippen LogP contribution is 2.71. The summed E-state index contributed by atoms with van der Waals surface area (Å²) in [6.45, 7) is 6.32. The predicted molar refractivity (Wildman–Crippen MR) is 148 cm³/mol. The number of rotatable bonds is 7. The van der Waals surface area contributed by atoms with Gasteiger partial charge in [-0.1, -0.05) is 36.4 Å². The van der Waals surface area contributed by atoms with E-state index in [1.165, 1.54) is 0 Å². The molecule has 0 bridgehead atoms. The Hall–Kier alpha value is -2.72. The van der Waals surface area contributed by atoms with Crippen molar-refractivity contribution >= 4 is 29.2 Å². The number of hydrogen-bond donors (Lipinski definition) is 0. The molecule has 0 radical (unpaired) electrons. The van der Waals surface area contributed by atoms with Gasteiger partial charge in [-0.25, -0.2) is 0 Å². The molecule has 3 fully saturated rings. The number of nitrogens with zero attached hydrogens (tertiary/aromatic N) is 1. The maximum Gasteiger partial charge on any atom is 0.422 e. The fourth-order valence-corrected chi connectivity index (χ4v) is 7.65. The van der Waals surface area contributed by atoms with Gasteiger partial charge < -0.3 is 19.1 Å². The van der Waals surface area contributed by atoms with Gasteiger partial charge in [-0.15, -0.1) is 11.8 Å². The van der Waals surface area contributed by atoms with E-state index in [-0.39, 0.29) is 36.9 Å². The van der Waals surface area contributed by atoms with Crippen LogP contribution in [0.4, 0.5) is 13.2 Å². The van der Waals surface area contributed by atoms with Crippen LogP contribution in [0.2, 0.25) is 0 Å². The molecule has 10 heteroatoms. The molecule has 1 saturated heterocycles. The van der Waals surface area contributed by atoms with Crippen molar-refractivity contribution in [3.8, 4) is 0 Å². The average molecular weight is 590 g/mol. The number of carbonyl (C=O) groups excluding carboxylic acids is 2. The predicted octanol–water partition coefficient (Wildman–Crippen LogP) is 6.04. The van der Waals surface area contributed by atoms with Crippen LogP contribution in [0.25, 0.3) is 5.57 Å². The lowest BCUT2D eigenvalue weighted by Crippen LogP contribution is -2.55. The number of morpholine rings is 1. The fourth-order valence-electron chi connectivity index (χ4n) is 6.13. The first kappa shape index (κ1) is 28.4. The highest BCUT2D eigenvalue weighted by molar-refractivity contribution is 8.05. The minimum atomic E-state index is -4.41. The Morgan fingerprint density at radius 1 is 1.15 bits per heavy atom. The number of allylic oxidation sites excluding steroid dienone is 3. The van der Waals surface area contributed by atoms with E-state index in [0.29, 0.717) is 49.3 Å². The summed E-state index contributed by atoms with van der Waals surface area (Å²) in [4.78, 5) is 27.3. The van der Waals surface area contributed by atoms with Gasteiger partial charge in [0.15, 0.2) is 0 Å². The van der Waals surface area contributed by atoms with Gasteiger partial charge in [-0.05, 0) is 63.3 Å². The van der Waals surface area contributed by atoms with Crippen LogP contribution in [-0.4, -0.2) is 65.2 Å². The van der Waals surface area contributed by atoms with Gasteiger partial charge in [-0.2, -0.15) is 13.2 Å². The number of alkyl halides is 3. The minimum absolute atomic E-state index is 0.0611. The fraction of sp³-hybridized carbons (Fsp3) is 0.548. The zero-order chi connectivity index (χ0) is 29.2. The number of carbonyl (C=O) groups is 2. The molecule has 1 amide bonds. The zero-order valence-electron chi connectivity index (χ0n) is 23.3.